The second kappa shape index (κ2) is 11.1. The lowest BCUT2D eigenvalue weighted by molar-refractivity contribution is 0.0291. The zero-order valence-corrected chi connectivity index (χ0v) is 20.6. The zero-order valence-electron chi connectivity index (χ0n) is 19.0. The van der Waals surface area contributed by atoms with Crippen molar-refractivity contribution in [1.29, 1.82) is 0 Å². The highest BCUT2D eigenvalue weighted by Gasteiger charge is 2.20. The van der Waals surface area contributed by atoms with Gasteiger partial charge in [-0.2, -0.15) is 0 Å². The fourth-order valence-corrected chi connectivity index (χ4v) is 2.89. The molecule has 0 atom stereocenters. The van der Waals surface area contributed by atoms with E-state index in [0.29, 0.717) is 18.7 Å². The summed E-state index contributed by atoms with van der Waals surface area (Å²) < 4.78 is 20.7. The van der Waals surface area contributed by atoms with Crippen LogP contribution in [0.15, 0.2) is 59.1 Å². The Bertz CT molecular complexity index is 891. The molecule has 2 amide bonds. The van der Waals surface area contributed by atoms with Gasteiger partial charge in [-0.25, -0.2) is 9.18 Å². The van der Waals surface area contributed by atoms with Gasteiger partial charge in [0.25, 0.3) is 5.91 Å². The van der Waals surface area contributed by atoms with Crippen LogP contribution < -0.4 is 5.32 Å². The van der Waals surface area contributed by atoms with Crippen molar-refractivity contribution in [1.82, 2.24) is 15.1 Å². The molecule has 1 aromatic carbocycles. The number of rotatable bonds is 8. The minimum Gasteiger partial charge on any atom is -0.444 e. The number of ether oxygens (including phenoxy) is 1. The molecular weight excluding hydrogens is 465 g/mol. The molecule has 0 fully saturated rings. The van der Waals surface area contributed by atoms with E-state index in [1.165, 1.54) is 4.90 Å². The van der Waals surface area contributed by atoms with Gasteiger partial charge in [0.1, 0.15) is 11.4 Å². The number of carbonyl (C=O) groups is 2. The molecule has 0 aromatic heterocycles. The standard InChI is InChI=1S/C23H31BrFN3O3/c1-15-13-18(24)9-10-19(15)21(29)26-16(2)14-20(25)17(3)27(7)11-12-28(8)22(30)31-23(4,5)6/h9-10,13-14H,2-3,11-12H2,1,4-8H3,(H,26,29)/b20-14+. The summed E-state index contributed by atoms with van der Waals surface area (Å²) in [7, 11) is 3.27. The number of amides is 2. The number of nitrogens with zero attached hydrogens (tertiary/aromatic N) is 2. The SMILES string of the molecule is C=C(/C=C(/F)C(=C)N(C)CCN(C)C(=O)OC(C)(C)C)NC(=O)c1ccc(Br)cc1C. The van der Waals surface area contributed by atoms with Crippen molar-refractivity contribution in [2.45, 2.75) is 33.3 Å². The van der Waals surface area contributed by atoms with Crippen molar-refractivity contribution in [3.05, 3.63) is 70.3 Å². The Morgan fingerprint density at radius 2 is 1.77 bits per heavy atom. The van der Waals surface area contributed by atoms with Crippen LogP contribution in [-0.4, -0.2) is 54.6 Å². The van der Waals surface area contributed by atoms with Crippen LogP contribution >= 0.6 is 15.9 Å². The van der Waals surface area contributed by atoms with Crippen LogP contribution in [0.5, 0.6) is 0 Å². The van der Waals surface area contributed by atoms with Crippen molar-refractivity contribution < 1.29 is 18.7 Å². The summed E-state index contributed by atoms with van der Waals surface area (Å²) >= 11 is 3.35. The molecule has 31 heavy (non-hydrogen) atoms. The van der Waals surface area contributed by atoms with Gasteiger partial charge < -0.3 is 19.9 Å². The summed E-state index contributed by atoms with van der Waals surface area (Å²) in [5.41, 5.74) is 0.870. The second-order valence-corrected chi connectivity index (χ2v) is 9.12. The Morgan fingerprint density at radius 1 is 1.19 bits per heavy atom. The molecule has 6 nitrogen and oxygen atoms in total. The number of benzene rings is 1. The first-order valence-electron chi connectivity index (χ1n) is 9.69. The van der Waals surface area contributed by atoms with Gasteiger partial charge in [-0.1, -0.05) is 29.1 Å². The maximum absolute atomic E-state index is 14.6. The van der Waals surface area contributed by atoms with Gasteiger partial charge in [-0.15, -0.1) is 0 Å². The number of aryl methyl sites for hydroxylation is 1. The van der Waals surface area contributed by atoms with Gasteiger partial charge in [0.15, 0.2) is 0 Å². The highest BCUT2D eigenvalue weighted by atomic mass is 79.9. The second-order valence-electron chi connectivity index (χ2n) is 8.20. The van der Waals surface area contributed by atoms with Crippen LogP contribution in [0.3, 0.4) is 0 Å². The molecule has 8 heteroatoms. The maximum atomic E-state index is 14.6. The van der Waals surface area contributed by atoms with E-state index in [-0.39, 0.29) is 17.3 Å². The summed E-state index contributed by atoms with van der Waals surface area (Å²) in [5.74, 6) is -1.02. The highest BCUT2D eigenvalue weighted by Crippen LogP contribution is 2.18. The van der Waals surface area contributed by atoms with Gasteiger partial charge in [-0.05, 0) is 57.5 Å². The third kappa shape index (κ3) is 8.96. The van der Waals surface area contributed by atoms with Crippen molar-refractivity contribution in [2.75, 3.05) is 27.2 Å². The Labute approximate surface area is 192 Å². The molecule has 0 spiro atoms. The van der Waals surface area contributed by atoms with E-state index in [1.807, 2.05) is 13.0 Å². The molecule has 0 unspecified atom stereocenters. The first-order chi connectivity index (χ1) is 14.2. The fourth-order valence-electron chi connectivity index (χ4n) is 2.42. The quantitative estimate of drug-likeness (QED) is 0.505. The van der Waals surface area contributed by atoms with E-state index in [2.05, 4.69) is 34.4 Å². The fraction of sp³-hybridized carbons (Fsp3) is 0.391. The third-order valence-corrected chi connectivity index (χ3v) is 4.71. The van der Waals surface area contributed by atoms with Crippen LogP contribution in [0.1, 0.15) is 36.7 Å². The maximum Gasteiger partial charge on any atom is 0.410 e. The number of halogens is 2. The minimum absolute atomic E-state index is 0.102. The number of hydrogen-bond donors (Lipinski definition) is 1. The molecule has 1 rings (SSSR count). The van der Waals surface area contributed by atoms with Gasteiger partial charge in [0.2, 0.25) is 0 Å². The van der Waals surface area contributed by atoms with Crippen LogP contribution in [0, 0.1) is 6.92 Å². The van der Waals surface area contributed by atoms with E-state index in [9.17, 15) is 14.0 Å². The third-order valence-electron chi connectivity index (χ3n) is 4.22. The lowest BCUT2D eigenvalue weighted by atomic mass is 10.1. The Balaban J connectivity index is 2.64. The van der Waals surface area contributed by atoms with Crippen molar-refractivity contribution in [2.24, 2.45) is 0 Å². The molecule has 0 saturated carbocycles. The minimum atomic E-state index is -0.639. The Kier molecular flexibility index (Phi) is 9.49. The monoisotopic (exact) mass is 495 g/mol. The Morgan fingerprint density at radius 3 is 2.32 bits per heavy atom. The number of carbonyl (C=O) groups excluding carboxylic acids is 2. The van der Waals surface area contributed by atoms with Gasteiger partial charge in [-0.3, -0.25) is 4.79 Å². The van der Waals surface area contributed by atoms with Crippen LogP contribution in [0.2, 0.25) is 0 Å². The number of hydrogen-bond acceptors (Lipinski definition) is 4. The van der Waals surface area contributed by atoms with E-state index >= 15 is 0 Å². The van der Waals surface area contributed by atoms with E-state index in [1.54, 1.807) is 51.9 Å². The van der Waals surface area contributed by atoms with Gasteiger partial charge in [0, 0.05) is 42.9 Å². The van der Waals surface area contributed by atoms with E-state index in [4.69, 9.17) is 4.74 Å². The summed E-state index contributed by atoms with van der Waals surface area (Å²) in [6, 6.07) is 5.25. The van der Waals surface area contributed by atoms with Crippen LogP contribution in [0.4, 0.5) is 9.18 Å². The van der Waals surface area contributed by atoms with Crippen molar-refractivity contribution in [3.63, 3.8) is 0 Å². The summed E-state index contributed by atoms with van der Waals surface area (Å²) in [6.07, 6.45) is 0.657. The summed E-state index contributed by atoms with van der Waals surface area (Å²) in [6.45, 7) is 15.3. The van der Waals surface area contributed by atoms with Gasteiger partial charge >= 0.3 is 6.09 Å². The molecule has 0 aliphatic rings. The molecule has 1 N–H and O–H groups in total. The highest BCUT2D eigenvalue weighted by molar-refractivity contribution is 9.10. The molecule has 0 aliphatic carbocycles. The molecule has 0 saturated heterocycles. The molecule has 0 bridgehead atoms. The van der Waals surface area contributed by atoms with Crippen LogP contribution in [0.25, 0.3) is 0 Å². The number of nitrogens with one attached hydrogen (secondary N) is 1. The normalized spacial score (nSPS) is 11.5. The van der Waals surface area contributed by atoms with E-state index < -0.39 is 17.5 Å². The smallest absolute Gasteiger partial charge is 0.410 e. The predicted octanol–water partition coefficient (Wildman–Crippen LogP) is 5.17. The summed E-state index contributed by atoms with van der Waals surface area (Å²) in [5, 5.41) is 2.57. The Hall–Kier alpha value is -2.61. The topological polar surface area (TPSA) is 61.9 Å². The molecule has 170 valence electrons. The number of allylic oxidation sites excluding steroid dienone is 2. The lowest BCUT2D eigenvalue weighted by Gasteiger charge is -2.27. The molecule has 0 radical (unpaired) electrons. The average Bonchev–Trinajstić information content (AvgIpc) is 2.63. The largest absolute Gasteiger partial charge is 0.444 e. The zero-order chi connectivity index (χ0) is 23.9. The molecule has 0 aliphatic heterocycles. The van der Waals surface area contributed by atoms with Gasteiger partial charge in [0.05, 0.1) is 5.70 Å². The summed E-state index contributed by atoms with van der Waals surface area (Å²) in [4.78, 5) is 27.4. The van der Waals surface area contributed by atoms with Crippen molar-refractivity contribution in [3.8, 4) is 0 Å². The van der Waals surface area contributed by atoms with Crippen LogP contribution in [-0.2, 0) is 4.74 Å². The molecular formula is C23H31BrFN3O3. The van der Waals surface area contributed by atoms with E-state index in [0.717, 1.165) is 16.1 Å². The lowest BCUT2D eigenvalue weighted by Crippen LogP contribution is -2.38. The molecule has 0 heterocycles. The first kappa shape index (κ1) is 26.4. The number of likely N-dealkylation sites (N-methyl/N-ethyl adjacent to an activating group) is 2. The molecule has 1 aromatic rings. The predicted molar refractivity (Wildman–Crippen MR) is 125 cm³/mol. The van der Waals surface area contributed by atoms with Crippen molar-refractivity contribution >= 4 is 27.9 Å². The average molecular weight is 496 g/mol. The first-order valence-corrected chi connectivity index (χ1v) is 10.5.